The van der Waals surface area contributed by atoms with Crippen molar-refractivity contribution in [2.45, 2.75) is 39.4 Å². The number of hydrogen-bond acceptors (Lipinski definition) is 3. The van der Waals surface area contributed by atoms with E-state index in [2.05, 4.69) is 0 Å². The average Bonchev–Trinajstić information content (AvgIpc) is 2.25. The largest absolute Gasteiger partial charge is 0.458 e. The van der Waals surface area contributed by atoms with E-state index in [4.69, 9.17) is 9.47 Å². The van der Waals surface area contributed by atoms with Gasteiger partial charge in [0.1, 0.15) is 12.2 Å². The van der Waals surface area contributed by atoms with E-state index in [1.165, 1.54) is 0 Å². The summed E-state index contributed by atoms with van der Waals surface area (Å²) in [4.78, 5) is 11.4. The van der Waals surface area contributed by atoms with Crippen molar-refractivity contribution >= 4 is 5.97 Å². The summed E-state index contributed by atoms with van der Waals surface area (Å²) < 4.78 is 10.6. The van der Waals surface area contributed by atoms with Crippen LogP contribution in [0.15, 0.2) is 30.3 Å². The third-order valence-electron chi connectivity index (χ3n) is 2.14. The van der Waals surface area contributed by atoms with E-state index >= 15 is 0 Å². The van der Waals surface area contributed by atoms with Crippen LogP contribution in [0, 0.1) is 0 Å². The first-order chi connectivity index (χ1) is 7.88. The van der Waals surface area contributed by atoms with Crippen LogP contribution in [0.4, 0.5) is 0 Å². The quantitative estimate of drug-likeness (QED) is 0.753. The first kappa shape index (κ1) is 13.7. The SMILES string of the molecule is C[C@@H](OCC(=O)OC(C)(C)C)c1ccccc1. The minimum Gasteiger partial charge on any atom is -0.458 e. The Morgan fingerprint density at radius 2 is 1.82 bits per heavy atom. The molecular weight excluding hydrogens is 216 g/mol. The number of benzene rings is 1. The number of esters is 1. The van der Waals surface area contributed by atoms with Crippen molar-refractivity contribution in [1.82, 2.24) is 0 Å². The molecule has 0 aromatic heterocycles. The Morgan fingerprint density at radius 1 is 1.24 bits per heavy atom. The van der Waals surface area contributed by atoms with E-state index in [9.17, 15) is 4.79 Å². The van der Waals surface area contributed by atoms with Gasteiger partial charge in [0.2, 0.25) is 0 Å². The van der Waals surface area contributed by atoms with Gasteiger partial charge in [0.25, 0.3) is 0 Å². The van der Waals surface area contributed by atoms with Gasteiger partial charge in [0, 0.05) is 0 Å². The fourth-order valence-electron chi connectivity index (χ4n) is 1.38. The standard InChI is InChI=1S/C14H20O3/c1-11(12-8-6-5-7-9-12)16-10-13(15)17-14(2,3)4/h5-9,11H,10H2,1-4H3/t11-/m1/s1. The number of carbonyl (C=O) groups excluding carboxylic acids is 1. The number of carbonyl (C=O) groups is 1. The summed E-state index contributed by atoms with van der Waals surface area (Å²) in [7, 11) is 0. The van der Waals surface area contributed by atoms with Crippen LogP contribution in [0.1, 0.15) is 39.4 Å². The van der Waals surface area contributed by atoms with Gasteiger partial charge in [-0.2, -0.15) is 0 Å². The van der Waals surface area contributed by atoms with Crippen molar-refractivity contribution in [2.24, 2.45) is 0 Å². The van der Waals surface area contributed by atoms with Crippen molar-refractivity contribution in [2.75, 3.05) is 6.61 Å². The lowest BCUT2D eigenvalue weighted by molar-refractivity contribution is -0.162. The van der Waals surface area contributed by atoms with Gasteiger partial charge in [-0.25, -0.2) is 4.79 Å². The van der Waals surface area contributed by atoms with E-state index in [1.807, 2.05) is 58.0 Å². The van der Waals surface area contributed by atoms with Crippen LogP contribution >= 0.6 is 0 Å². The van der Waals surface area contributed by atoms with Gasteiger partial charge in [0.05, 0.1) is 6.10 Å². The Labute approximate surface area is 103 Å². The zero-order valence-corrected chi connectivity index (χ0v) is 10.9. The molecule has 3 nitrogen and oxygen atoms in total. The second kappa shape index (κ2) is 5.82. The van der Waals surface area contributed by atoms with Crippen molar-refractivity contribution < 1.29 is 14.3 Å². The summed E-state index contributed by atoms with van der Waals surface area (Å²) in [5.41, 5.74) is 0.590. The van der Waals surface area contributed by atoms with E-state index in [-0.39, 0.29) is 18.7 Å². The second-order valence-electron chi connectivity index (χ2n) is 4.95. The summed E-state index contributed by atoms with van der Waals surface area (Å²) in [6.07, 6.45) is -0.108. The van der Waals surface area contributed by atoms with Gasteiger partial charge < -0.3 is 9.47 Å². The predicted octanol–water partition coefficient (Wildman–Crippen LogP) is 3.11. The summed E-state index contributed by atoms with van der Waals surface area (Å²) >= 11 is 0. The fourth-order valence-corrected chi connectivity index (χ4v) is 1.38. The third-order valence-corrected chi connectivity index (χ3v) is 2.14. The highest BCUT2D eigenvalue weighted by molar-refractivity contribution is 5.71. The topological polar surface area (TPSA) is 35.5 Å². The summed E-state index contributed by atoms with van der Waals surface area (Å²) in [6.45, 7) is 7.41. The van der Waals surface area contributed by atoms with Crippen molar-refractivity contribution in [3.63, 3.8) is 0 Å². The van der Waals surface area contributed by atoms with Crippen molar-refractivity contribution in [3.8, 4) is 0 Å². The highest BCUT2D eigenvalue weighted by Gasteiger charge is 2.17. The Bertz CT molecular complexity index is 351. The molecular formula is C14H20O3. The van der Waals surface area contributed by atoms with Crippen LogP contribution in [0.3, 0.4) is 0 Å². The molecule has 0 fully saturated rings. The molecule has 94 valence electrons. The molecule has 1 atom stereocenters. The molecule has 0 heterocycles. The molecule has 1 aromatic rings. The van der Waals surface area contributed by atoms with Gasteiger partial charge >= 0.3 is 5.97 Å². The minimum atomic E-state index is -0.462. The van der Waals surface area contributed by atoms with Gasteiger partial charge in [-0.1, -0.05) is 30.3 Å². The van der Waals surface area contributed by atoms with E-state index < -0.39 is 5.60 Å². The normalized spacial score (nSPS) is 13.2. The average molecular weight is 236 g/mol. The molecule has 0 saturated heterocycles. The Hall–Kier alpha value is -1.35. The molecule has 1 rings (SSSR count). The maximum absolute atomic E-state index is 11.4. The van der Waals surface area contributed by atoms with Crippen LogP contribution in [-0.4, -0.2) is 18.2 Å². The number of hydrogen-bond donors (Lipinski definition) is 0. The number of ether oxygens (including phenoxy) is 2. The molecule has 0 aliphatic heterocycles. The van der Waals surface area contributed by atoms with E-state index in [0.717, 1.165) is 5.56 Å². The first-order valence-corrected chi connectivity index (χ1v) is 5.77. The molecule has 0 spiro atoms. The van der Waals surface area contributed by atoms with E-state index in [1.54, 1.807) is 0 Å². The maximum atomic E-state index is 11.4. The van der Waals surface area contributed by atoms with Crippen molar-refractivity contribution in [3.05, 3.63) is 35.9 Å². The van der Waals surface area contributed by atoms with Crippen LogP contribution in [-0.2, 0) is 14.3 Å². The molecule has 0 N–H and O–H groups in total. The molecule has 0 bridgehead atoms. The molecule has 0 unspecified atom stereocenters. The molecule has 1 aromatic carbocycles. The maximum Gasteiger partial charge on any atom is 0.332 e. The Morgan fingerprint density at radius 3 is 2.35 bits per heavy atom. The van der Waals surface area contributed by atoms with Gasteiger partial charge in [-0.15, -0.1) is 0 Å². The zero-order chi connectivity index (χ0) is 12.9. The molecule has 3 heteroatoms. The Balaban J connectivity index is 2.39. The monoisotopic (exact) mass is 236 g/mol. The first-order valence-electron chi connectivity index (χ1n) is 5.77. The van der Waals surface area contributed by atoms with Crippen LogP contribution in [0.2, 0.25) is 0 Å². The molecule has 0 amide bonds. The van der Waals surface area contributed by atoms with Gasteiger partial charge in [0.15, 0.2) is 0 Å². The van der Waals surface area contributed by atoms with Gasteiger partial charge in [-0.3, -0.25) is 0 Å². The van der Waals surface area contributed by atoms with Crippen LogP contribution in [0.5, 0.6) is 0 Å². The van der Waals surface area contributed by atoms with Crippen LogP contribution < -0.4 is 0 Å². The van der Waals surface area contributed by atoms with E-state index in [0.29, 0.717) is 0 Å². The minimum absolute atomic E-state index is 0.0205. The molecule has 0 saturated carbocycles. The Kier molecular flexibility index (Phi) is 4.70. The predicted molar refractivity (Wildman–Crippen MR) is 66.7 cm³/mol. The molecule has 0 radical (unpaired) electrons. The third kappa shape index (κ3) is 5.50. The molecule has 0 aliphatic rings. The smallest absolute Gasteiger partial charge is 0.332 e. The summed E-state index contributed by atoms with van der Waals surface area (Å²) in [5.74, 6) is -0.333. The lowest BCUT2D eigenvalue weighted by atomic mass is 10.1. The zero-order valence-electron chi connectivity index (χ0n) is 10.9. The summed E-state index contributed by atoms with van der Waals surface area (Å²) in [5, 5.41) is 0. The molecule has 0 aliphatic carbocycles. The fraction of sp³-hybridized carbons (Fsp3) is 0.500. The van der Waals surface area contributed by atoms with Crippen molar-refractivity contribution in [1.29, 1.82) is 0 Å². The van der Waals surface area contributed by atoms with Crippen LogP contribution in [0.25, 0.3) is 0 Å². The lowest BCUT2D eigenvalue weighted by Gasteiger charge is -2.20. The highest BCUT2D eigenvalue weighted by atomic mass is 16.6. The second-order valence-corrected chi connectivity index (χ2v) is 4.95. The molecule has 17 heavy (non-hydrogen) atoms. The number of rotatable bonds is 4. The van der Waals surface area contributed by atoms with Gasteiger partial charge in [-0.05, 0) is 33.3 Å². The summed E-state index contributed by atoms with van der Waals surface area (Å²) in [6, 6.07) is 9.79. The highest BCUT2D eigenvalue weighted by Crippen LogP contribution is 2.16. The lowest BCUT2D eigenvalue weighted by Crippen LogP contribution is -2.26.